The molecule has 10 unspecified atom stereocenters. The van der Waals surface area contributed by atoms with Gasteiger partial charge >= 0.3 is 5.97 Å². The number of rotatable bonds is 26. The van der Waals surface area contributed by atoms with Gasteiger partial charge < -0.3 is 134 Å². The van der Waals surface area contributed by atoms with Crippen molar-refractivity contribution in [1.82, 2.24) is 5.32 Å². The van der Waals surface area contributed by atoms with E-state index in [9.17, 15) is 96.1 Å². The Morgan fingerprint density at radius 2 is 1.09 bits per heavy atom. The van der Waals surface area contributed by atoms with Crippen LogP contribution in [-0.2, 0) is 61.8 Å². The number of carbonyl (C=O) groups is 3. The topological polar surface area (TPSA) is 479 Å². The second-order valence-electron chi connectivity index (χ2n) is 19.1. The van der Waals surface area contributed by atoms with Crippen LogP contribution < -0.4 is 5.32 Å². The summed E-state index contributed by atoms with van der Waals surface area (Å²) in [5.74, 6) is -3.46. The van der Waals surface area contributed by atoms with Crippen LogP contribution >= 0.6 is 12.6 Å². The predicted molar refractivity (Wildman–Crippen MR) is 244 cm³/mol. The average molecular weight is 1110 g/mol. The largest absolute Gasteiger partial charge is 0.479 e. The van der Waals surface area contributed by atoms with Crippen LogP contribution in [0.2, 0.25) is 0 Å². The standard InChI is InChI=1S/C44H75NO29S/c1-15-24(54)37(39(40(63)64)70-33(15)25(55)18(53)10-46)71-38-32(62)44(72-34-21(13-49)68-42(31(61)29(34)59)65-8-4-3-6-17(52)7-5-9-75)69-22(14-50)35(38)73-41-23(45-16(2)51)36(27(57)20(12-48)66-41)74-43-30(60)28(58)26(56)19(11-47)67-43/h15,18-39,41-44,46-50,53-62,75H,3-14H2,1-2H3,(H,45,51)(H,63,64)/t15-,18-,19?,20?,21?,22?,23?,24?,25-,26+,27+,28+,29-,30?,31?,32?,33-,34-,35+,36-,37?,38-,39-,41+,42-,43+,44+/m1/s1. The number of aliphatic hydroxyl groups excluding tert-OH is 15. The van der Waals surface area contributed by atoms with Crippen molar-refractivity contribution in [3.05, 3.63) is 0 Å². The molecule has 1 amide bonds. The molecule has 0 aromatic rings. The van der Waals surface area contributed by atoms with Crippen LogP contribution in [0, 0.1) is 5.92 Å². The van der Waals surface area contributed by atoms with Gasteiger partial charge in [-0.15, -0.1) is 0 Å². The zero-order valence-corrected chi connectivity index (χ0v) is 41.9. The lowest BCUT2D eigenvalue weighted by Gasteiger charge is -2.52. The second-order valence-corrected chi connectivity index (χ2v) is 19.5. The minimum absolute atomic E-state index is 0.0258. The minimum Gasteiger partial charge on any atom is -0.479 e. The van der Waals surface area contributed by atoms with Crippen molar-refractivity contribution in [1.29, 1.82) is 0 Å². The summed E-state index contributed by atoms with van der Waals surface area (Å²) in [7, 11) is 0. The third kappa shape index (κ3) is 15.3. The molecule has 75 heavy (non-hydrogen) atoms. The van der Waals surface area contributed by atoms with Gasteiger partial charge in [-0.1, -0.05) is 6.92 Å². The Bertz CT molecular complexity index is 1760. The van der Waals surface area contributed by atoms with Crippen LogP contribution in [0.15, 0.2) is 0 Å². The zero-order valence-electron chi connectivity index (χ0n) is 41.0. The van der Waals surface area contributed by atoms with Crippen LogP contribution in [0.1, 0.15) is 46.0 Å². The summed E-state index contributed by atoms with van der Waals surface area (Å²) in [6.45, 7) is -2.78. The molecule has 31 heteroatoms. The number of aliphatic carboxylic acids is 1. The number of carboxylic acids is 1. The number of amides is 1. The van der Waals surface area contributed by atoms with Crippen molar-refractivity contribution in [3.63, 3.8) is 0 Å². The smallest absolute Gasteiger partial charge is 0.335 e. The first kappa shape index (κ1) is 63.8. The molecule has 27 atom stereocenters. The molecule has 0 aromatic carbocycles. The maximum atomic E-state index is 12.9. The number of thiol groups is 1. The molecule has 5 aliphatic heterocycles. The summed E-state index contributed by atoms with van der Waals surface area (Å²) in [5, 5.41) is 174. The van der Waals surface area contributed by atoms with Crippen molar-refractivity contribution >= 4 is 30.3 Å². The summed E-state index contributed by atoms with van der Waals surface area (Å²) in [6, 6.07) is -1.79. The molecule has 436 valence electrons. The fourth-order valence-electron chi connectivity index (χ4n) is 9.53. The van der Waals surface area contributed by atoms with E-state index in [1.165, 1.54) is 6.92 Å². The van der Waals surface area contributed by atoms with E-state index in [-0.39, 0.29) is 18.8 Å². The van der Waals surface area contributed by atoms with E-state index < -0.39 is 210 Å². The van der Waals surface area contributed by atoms with Crippen molar-refractivity contribution in [2.75, 3.05) is 45.4 Å². The number of Topliss-reactive ketones (excluding diaryl/α,β-unsaturated/α-hetero) is 1. The maximum absolute atomic E-state index is 12.9. The van der Waals surface area contributed by atoms with Crippen molar-refractivity contribution in [2.24, 2.45) is 5.92 Å². The number of unbranched alkanes of at least 4 members (excludes halogenated alkanes) is 1. The van der Waals surface area contributed by atoms with Gasteiger partial charge in [0.1, 0.15) is 122 Å². The van der Waals surface area contributed by atoms with E-state index in [4.69, 9.17) is 47.4 Å². The highest BCUT2D eigenvalue weighted by molar-refractivity contribution is 7.80. The van der Waals surface area contributed by atoms with E-state index in [0.717, 1.165) is 6.92 Å². The third-order valence-electron chi connectivity index (χ3n) is 13.8. The molecule has 5 aliphatic rings. The minimum atomic E-state index is -2.33. The van der Waals surface area contributed by atoms with E-state index in [0.29, 0.717) is 31.4 Å². The Morgan fingerprint density at radius 3 is 1.69 bits per heavy atom. The van der Waals surface area contributed by atoms with Crippen LogP contribution in [0.3, 0.4) is 0 Å². The zero-order chi connectivity index (χ0) is 55.6. The summed E-state index contributed by atoms with van der Waals surface area (Å²) in [6.07, 6.45) is -46.2. The van der Waals surface area contributed by atoms with Gasteiger partial charge in [-0.3, -0.25) is 9.59 Å². The number of carboxylic acid groups (broad SMARTS) is 1. The molecule has 0 saturated carbocycles. The highest BCUT2D eigenvalue weighted by atomic mass is 32.1. The molecule has 0 bridgehead atoms. The summed E-state index contributed by atoms with van der Waals surface area (Å²) >= 11 is 4.10. The molecule has 30 nitrogen and oxygen atoms in total. The molecule has 5 heterocycles. The van der Waals surface area contributed by atoms with Gasteiger partial charge in [-0.25, -0.2) is 4.79 Å². The van der Waals surface area contributed by atoms with Crippen LogP contribution in [-0.4, -0.2) is 304 Å². The summed E-state index contributed by atoms with van der Waals surface area (Å²) in [5.41, 5.74) is 0. The van der Waals surface area contributed by atoms with Crippen molar-refractivity contribution in [2.45, 2.75) is 205 Å². The summed E-state index contributed by atoms with van der Waals surface area (Å²) in [4.78, 5) is 37.7. The SMILES string of the molecule is CC(=O)NC1[C@H](O[C@H]2C(CO)O[C@@H](O[C@@H]3C(CO)O[C@@H](OCCCCC(=O)CCCS)C(O)[C@H]3O)C(O)[C@H]2OC2C(O)[C@@H](C)[C@H]([C@H](O)[C@H](O)CO)O[C@H]2C(=O)O)OC(CO)[C@H](O)[C@@H]1O[C@@H]1OC(CO)[C@H](O)[C@H](O)C1O. The highest BCUT2D eigenvalue weighted by Gasteiger charge is 2.59. The molecule has 0 spiro atoms. The summed E-state index contributed by atoms with van der Waals surface area (Å²) < 4.78 is 58.7. The van der Waals surface area contributed by atoms with Gasteiger partial charge in [0.25, 0.3) is 0 Å². The number of aliphatic hydroxyl groups is 15. The molecule has 5 saturated heterocycles. The second kappa shape index (κ2) is 29.4. The van der Waals surface area contributed by atoms with Gasteiger partial charge in [0.15, 0.2) is 31.3 Å². The molecule has 0 radical (unpaired) electrons. The van der Waals surface area contributed by atoms with Gasteiger partial charge in [0, 0.05) is 32.3 Å². The predicted octanol–water partition coefficient (Wildman–Crippen LogP) is -9.18. The number of carbonyl (C=O) groups excluding carboxylic acids is 2. The molecule has 5 rings (SSSR count). The van der Waals surface area contributed by atoms with E-state index in [2.05, 4.69) is 17.9 Å². The van der Waals surface area contributed by atoms with Crippen molar-refractivity contribution < 1.29 is 143 Å². The lowest BCUT2D eigenvalue weighted by molar-refractivity contribution is -0.388. The monoisotopic (exact) mass is 1110 g/mol. The third-order valence-corrected chi connectivity index (χ3v) is 14.1. The fourth-order valence-corrected chi connectivity index (χ4v) is 9.69. The Hall–Kier alpha value is -2.04. The Kier molecular flexibility index (Phi) is 25.0. The average Bonchev–Trinajstić information content (AvgIpc) is 3.38. The van der Waals surface area contributed by atoms with E-state index >= 15 is 0 Å². The molecule has 0 aliphatic carbocycles. The number of hydrogen-bond donors (Lipinski definition) is 18. The lowest BCUT2D eigenvalue weighted by atomic mass is 9.83. The van der Waals surface area contributed by atoms with Crippen LogP contribution in [0.5, 0.6) is 0 Å². The first-order valence-corrected chi connectivity index (χ1v) is 25.2. The molecule has 0 aromatic heterocycles. The van der Waals surface area contributed by atoms with Crippen molar-refractivity contribution in [3.8, 4) is 0 Å². The molecule has 5 fully saturated rings. The number of ether oxygens (including phenoxy) is 10. The first-order chi connectivity index (χ1) is 35.6. The number of nitrogens with one attached hydrogen (secondary N) is 1. The van der Waals surface area contributed by atoms with Gasteiger partial charge in [-0.05, 0) is 25.0 Å². The normalized spacial score (nSPS) is 43.4. The quantitative estimate of drug-likeness (QED) is 0.0282. The van der Waals surface area contributed by atoms with E-state index in [1.54, 1.807) is 0 Å². The highest BCUT2D eigenvalue weighted by Crippen LogP contribution is 2.39. The van der Waals surface area contributed by atoms with Gasteiger partial charge in [0.2, 0.25) is 5.91 Å². The number of hydrogen-bond acceptors (Lipinski definition) is 29. The first-order valence-electron chi connectivity index (χ1n) is 24.6. The van der Waals surface area contributed by atoms with Crippen LogP contribution in [0.25, 0.3) is 0 Å². The van der Waals surface area contributed by atoms with Gasteiger partial charge in [-0.2, -0.15) is 12.6 Å². The fraction of sp³-hybridized carbons (Fsp3) is 0.932. The Morgan fingerprint density at radius 1 is 0.560 bits per heavy atom. The lowest BCUT2D eigenvalue weighted by Crippen LogP contribution is -2.71. The number of ketones is 1. The molecular formula is C44H75NO29S. The Balaban J connectivity index is 1.48. The Labute approximate surface area is 434 Å². The van der Waals surface area contributed by atoms with E-state index in [1.807, 2.05) is 0 Å². The molecule has 17 N–H and O–H groups in total. The van der Waals surface area contributed by atoms with Gasteiger partial charge in [0.05, 0.1) is 45.2 Å². The van der Waals surface area contributed by atoms with Crippen LogP contribution in [0.4, 0.5) is 0 Å². The maximum Gasteiger partial charge on any atom is 0.335 e. The molecular weight excluding hydrogens is 1040 g/mol.